The van der Waals surface area contributed by atoms with Crippen LogP contribution in [0.5, 0.6) is 0 Å². The van der Waals surface area contributed by atoms with Gasteiger partial charge in [-0.1, -0.05) is 35.9 Å². The van der Waals surface area contributed by atoms with E-state index in [1.54, 1.807) is 23.1 Å². The van der Waals surface area contributed by atoms with E-state index in [1.807, 2.05) is 19.1 Å². The van der Waals surface area contributed by atoms with Crippen molar-refractivity contribution in [1.82, 2.24) is 4.90 Å². The van der Waals surface area contributed by atoms with Gasteiger partial charge in [0.15, 0.2) is 0 Å². The molecule has 5 heteroatoms. The standard InChI is InChI=1S/C19H18F3NO/c1-13-6-8-14(9-7-13)18(24)23(16-10-11-16)12-15-4-2-3-5-17(15)19(20,21)22/h2-9,16H,10-12H2,1H3. The fourth-order valence-electron chi connectivity index (χ4n) is 2.73. The summed E-state index contributed by atoms with van der Waals surface area (Å²) in [6.45, 7) is 1.90. The molecule has 1 fully saturated rings. The number of carbonyl (C=O) groups excluding carboxylic acids is 1. The van der Waals surface area contributed by atoms with Crippen molar-refractivity contribution in [1.29, 1.82) is 0 Å². The van der Waals surface area contributed by atoms with E-state index < -0.39 is 11.7 Å². The highest BCUT2D eigenvalue weighted by atomic mass is 19.4. The van der Waals surface area contributed by atoms with E-state index in [2.05, 4.69) is 0 Å². The minimum Gasteiger partial charge on any atom is -0.331 e. The SMILES string of the molecule is Cc1ccc(C(=O)N(Cc2ccccc2C(F)(F)F)C2CC2)cc1. The van der Waals surface area contributed by atoms with Crippen LogP contribution < -0.4 is 0 Å². The van der Waals surface area contributed by atoms with Crippen molar-refractivity contribution in [3.05, 3.63) is 70.8 Å². The predicted octanol–water partition coefficient (Wildman–Crippen LogP) is 4.82. The zero-order valence-electron chi connectivity index (χ0n) is 13.3. The molecule has 2 nitrogen and oxygen atoms in total. The van der Waals surface area contributed by atoms with Crippen LogP contribution in [0.25, 0.3) is 0 Å². The number of halogens is 3. The maximum Gasteiger partial charge on any atom is 0.416 e. The number of amides is 1. The molecule has 0 N–H and O–H groups in total. The molecule has 0 spiro atoms. The molecule has 24 heavy (non-hydrogen) atoms. The summed E-state index contributed by atoms with van der Waals surface area (Å²) in [6.07, 6.45) is -2.74. The first kappa shape index (κ1) is 16.6. The fraction of sp³-hybridized carbons (Fsp3) is 0.316. The monoisotopic (exact) mass is 333 g/mol. The maximum absolute atomic E-state index is 13.2. The first-order valence-electron chi connectivity index (χ1n) is 7.89. The number of rotatable bonds is 4. The Bertz CT molecular complexity index is 733. The van der Waals surface area contributed by atoms with Gasteiger partial charge >= 0.3 is 6.18 Å². The summed E-state index contributed by atoms with van der Waals surface area (Å²) in [4.78, 5) is 14.3. The number of benzene rings is 2. The molecule has 2 aromatic carbocycles. The van der Waals surface area contributed by atoms with Gasteiger partial charge in [-0.15, -0.1) is 0 Å². The zero-order chi connectivity index (χ0) is 17.3. The van der Waals surface area contributed by atoms with E-state index in [1.165, 1.54) is 12.1 Å². The van der Waals surface area contributed by atoms with E-state index in [0.717, 1.165) is 24.5 Å². The van der Waals surface area contributed by atoms with Crippen LogP contribution in [0.1, 0.15) is 39.9 Å². The predicted molar refractivity (Wildman–Crippen MR) is 85.5 cm³/mol. The number of hydrogen-bond acceptors (Lipinski definition) is 1. The highest BCUT2D eigenvalue weighted by Crippen LogP contribution is 2.35. The van der Waals surface area contributed by atoms with Gasteiger partial charge in [-0.25, -0.2) is 0 Å². The number of carbonyl (C=O) groups is 1. The van der Waals surface area contributed by atoms with Gasteiger partial charge in [-0.05, 0) is 43.5 Å². The van der Waals surface area contributed by atoms with Gasteiger partial charge in [0.1, 0.15) is 0 Å². The van der Waals surface area contributed by atoms with Crippen LogP contribution in [0.3, 0.4) is 0 Å². The lowest BCUT2D eigenvalue weighted by atomic mass is 10.1. The van der Waals surface area contributed by atoms with Gasteiger partial charge in [-0.2, -0.15) is 13.2 Å². The Morgan fingerprint density at radius 2 is 1.71 bits per heavy atom. The molecule has 2 aromatic rings. The molecule has 0 unspecified atom stereocenters. The third-order valence-corrected chi connectivity index (χ3v) is 4.21. The molecule has 0 heterocycles. The average Bonchev–Trinajstić information content (AvgIpc) is 3.37. The number of aryl methyl sites for hydroxylation is 1. The van der Waals surface area contributed by atoms with Crippen LogP contribution >= 0.6 is 0 Å². The van der Waals surface area contributed by atoms with E-state index in [-0.39, 0.29) is 24.1 Å². The van der Waals surface area contributed by atoms with Gasteiger partial charge in [0, 0.05) is 18.2 Å². The Balaban J connectivity index is 1.88. The van der Waals surface area contributed by atoms with E-state index in [0.29, 0.717) is 5.56 Å². The minimum absolute atomic E-state index is 0.0208. The molecule has 0 atom stereocenters. The van der Waals surface area contributed by atoms with Crippen molar-refractivity contribution >= 4 is 5.91 Å². The van der Waals surface area contributed by atoms with Gasteiger partial charge < -0.3 is 4.90 Å². The van der Waals surface area contributed by atoms with Crippen LogP contribution in [0.2, 0.25) is 0 Å². The second-order valence-corrected chi connectivity index (χ2v) is 6.19. The first-order chi connectivity index (χ1) is 11.4. The Morgan fingerprint density at radius 3 is 2.29 bits per heavy atom. The van der Waals surface area contributed by atoms with Crippen LogP contribution in [0.4, 0.5) is 13.2 Å². The van der Waals surface area contributed by atoms with Crippen molar-refractivity contribution in [3.63, 3.8) is 0 Å². The van der Waals surface area contributed by atoms with Crippen LogP contribution in [-0.4, -0.2) is 16.8 Å². The summed E-state index contributed by atoms with van der Waals surface area (Å²) < 4.78 is 39.5. The highest BCUT2D eigenvalue weighted by molar-refractivity contribution is 5.94. The second kappa shape index (κ2) is 6.30. The Labute approximate surface area is 138 Å². The van der Waals surface area contributed by atoms with Gasteiger partial charge in [-0.3, -0.25) is 4.79 Å². The maximum atomic E-state index is 13.2. The molecule has 1 aliphatic rings. The lowest BCUT2D eigenvalue weighted by Gasteiger charge is -2.24. The third kappa shape index (κ3) is 3.61. The largest absolute Gasteiger partial charge is 0.416 e. The molecular formula is C19H18F3NO. The lowest BCUT2D eigenvalue weighted by Crippen LogP contribution is -2.33. The molecule has 1 amide bonds. The Hall–Kier alpha value is -2.30. The normalized spacial score (nSPS) is 14.5. The number of alkyl halides is 3. The fourth-order valence-corrected chi connectivity index (χ4v) is 2.73. The molecule has 126 valence electrons. The molecule has 1 aliphatic carbocycles. The Morgan fingerprint density at radius 1 is 1.08 bits per heavy atom. The topological polar surface area (TPSA) is 20.3 Å². The summed E-state index contributed by atoms with van der Waals surface area (Å²) in [6, 6.07) is 12.6. The number of nitrogens with zero attached hydrogens (tertiary/aromatic N) is 1. The molecule has 0 aliphatic heterocycles. The quantitative estimate of drug-likeness (QED) is 0.785. The smallest absolute Gasteiger partial charge is 0.331 e. The summed E-state index contributed by atoms with van der Waals surface area (Å²) in [5.74, 6) is -0.213. The molecule has 0 bridgehead atoms. The minimum atomic E-state index is -4.42. The molecule has 1 saturated carbocycles. The van der Waals surface area contributed by atoms with Crippen molar-refractivity contribution in [3.8, 4) is 0 Å². The van der Waals surface area contributed by atoms with Crippen LogP contribution in [0, 0.1) is 6.92 Å². The first-order valence-corrected chi connectivity index (χ1v) is 7.89. The third-order valence-electron chi connectivity index (χ3n) is 4.21. The van der Waals surface area contributed by atoms with E-state index in [9.17, 15) is 18.0 Å². The number of hydrogen-bond donors (Lipinski definition) is 0. The summed E-state index contributed by atoms with van der Waals surface area (Å²) in [5, 5.41) is 0. The molecule has 0 radical (unpaired) electrons. The summed E-state index contributed by atoms with van der Waals surface area (Å²) >= 11 is 0. The van der Waals surface area contributed by atoms with Crippen molar-refractivity contribution in [2.75, 3.05) is 0 Å². The molecule has 0 aromatic heterocycles. The highest BCUT2D eigenvalue weighted by Gasteiger charge is 2.37. The zero-order valence-corrected chi connectivity index (χ0v) is 13.3. The van der Waals surface area contributed by atoms with Gasteiger partial charge in [0.2, 0.25) is 0 Å². The van der Waals surface area contributed by atoms with E-state index >= 15 is 0 Å². The average molecular weight is 333 g/mol. The van der Waals surface area contributed by atoms with Crippen LogP contribution in [0.15, 0.2) is 48.5 Å². The van der Waals surface area contributed by atoms with E-state index in [4.69, 9.17) is 0 Å². The molecular weight excluding hydrogens is 315 g/mol. The second-order valence-electron chi connectivity index (χ2n) is 6.19. The van der Waals surface area contributed by atoms with Crippen molar-refractivity contribution in [2.45, 2.75) is 38.5 Å². The summed E-state index contributed by atoms with van der Waals surface area (Å²) in [5.41, 5.74) is 1.01. The van der Waals surface area contributed by atoms with Gasteiger partial charge in [0.25, 0.3) is 5.91 Å². The summed E-state index contributed by atoms with van der Waals surface area (Å²) in [7, 11) is 0. The van der Waals surface area contributed by atoms with Gasteiger partial charge in [0.05, 0.1) is 5.56 Å². The van der Waals surface area contributed by atoms with Crippen molar-refractivity contribution < 1.29 is 18.0 Å². The van der Waals surface area contributed by atoms with Crippen molar-refractivity contribution in [2.24, 2.45) is 0 Å². The molecule has 0 saturated heterocycles. The molecule has 3 rings (SSSR count). The van der Waals surface area contributed by atoms with Crippen LogP contribution in [-0.2, 0) is 12.7 Å². The lowest BCUT2D eigenvalue weighted by molar-refractivity contribution is -0.138. The Kier molecular flexibility index (Phi) is 4.35.